The number of rotatable bonds is 4. The van der Waals surface area contributed by atoms with E-state index in [9.17, 15) is 0 Å². The van der Waals surface area contributed by atoms with Gasteiger partial charge in [0.1, 0.15) is 0 Å². The summed E-state index contributed by atoms with van der Waals surface area (Å²) >= 11 is 0. The summed E-state index contributed by atoms with van der Waals surface area (Å²) in [5.41, 5.74) is 1.74. The van der Waals surface area contributed by atoms with Crippen LogP contribution in [0.15, 0.2) is 23.8 Å². The minimum absolute atomic E-state index is 0.278. The van der Waals surface area contributed by atoms with Crippen LogP contribution in [0.25, 0.3) is 0 Å². The third-order valence-corrected chi connectivity index (χ3v) is 2.21. The van der Waals surface area contributed by atoms with E-state index < -0.39 is 0 Å². The third-order valence-electron chi connectivity index (χ3n) is 2.21. The molecule has 0 aliphatic carbocycles. The minimum Gasteiger partial charge on any atom is -0.0845 e. The molecule has 0 saturated carbocycles. The van der Waals surface area contributed by atoms with E-state index >= 15 is 0 Å². The van der Waals surface area contributed by atoms with Crippen molar-refractivity contribution < 1.29 is 0 Å². The first kappa shape index (κ1) is 13.5. The van der Waals surface area contributed by atoms with Gasteiger partial charge in [0, 0.05) is 0 Å². The summed E-state index contributed by atoms with van der Waals surface area (Å²) in [4.78, 5) is 0. The van der Waals surface area contributed by atoms with Gasteiger partial charge in [0.15, 0.2) is 0 Å². The highest BCUT2D eigenvalue weighted by Gasteiger charge is 2.13. The van der Waals surface area contributed by atoms with E-state index in [0.717, 1.165) is 12.3 Å². The van der Waals surface area contributed by atoms with Gasteiger partial charge in [-0.2, -0.15) is 0 Å². The quantitative estimate of drug-likeness (QED) is 0.554. The third kappa shape index (κ3) is 6.01. The standard InChI is InChI=1S/C14H26/c1-7-8-9-13(14(4,5)6)11-10-12(2)3/h8-9,11-12H,7,10H2,1-6H3/b9-8-,13-11+. The molecule has 0 rings (SSSR count). The molecule has 0 heterocycles. The van der Waals surface area contributed by atoms with Crippen molar-refractivity contribution in [1.82, 2.24) is 0 Å². The molecule has 0 nitrogen and oxygen atoms in total. The van der Waals surface area contributed by atoms with Gasteiger partial charge in [0.25, 0.3) is 0 Å². The molecular formula is C14H26. The molecule has 82 valence electrons. The molecule has 0 aromatic carbocycles. The van der Waals surface area contributed by atoms with Crippen LogP contribution in [0.2, 0.25) is 0 Å². The minimum atomic E-state index is 0.278. The summed E-state index contributed by atoms with van der Waals surface area (Å²) in [5, 5.41) is 0. The Labute approximate surface area is 90.1 Å². The lowest BCUT2D eigenvalue weighted by Gasteiger charge is -2.21. The van der Waals surface area contributed by atoms with Gasteiger partial charge in [-0.25, -0.2) is 0 Å². The average molecular weight is 194 g/mol. The molecule has 0 atom stereocenters. The molecule has 0 aromatic heterocycles. The highest BCUT2D eigenvalue weighted by Crippen LogP contribution is 2.27. The highest BCUT2D eigenvalue weighted by molar-refractivity contribution is 5.24. The normalized spacial score (nSPS) is 14.4. The Morgan fingerprint density at radius 1 is 1.21 bits per heavy atom. The molecule has 0 N–H and O–H groups in total. The van der Waals surface area contributed by atoms with Gasteiger partial charge in [-0.1, -0.05) is 59.8 Å². The Kier molecular flexibility index (Phi) is 5.83. The molecular weight excluding hydrogens is 168 g/mol. The molecule has 14 heavy (non-hydrogen) atoms. The first-order valence-corrected chi connectivity index (χ1v) is 5.75. The second kappa shape index (κ2) is 6.06. The molecule has 0 spiro atoms. The van der Waals surface area contributed by atoms with Crippen LogP contribution in [0.1, 0.15) is 54.4 Å². The summed E-state index contributed by atoms with van der Waals surface area (Å²) in [6, 6.07) is 0. The fourth-order valence-corrected chi connectivity index (χ4v) is 1.23. The van der Waals surface area contributed by atoms with Gasteiger partial charge in [0.2, 0.25) is 0 Å². The largest absolute Gasteiger partial charge is 0.0845 e. The van der Waals surface area contributed by atoms with Gasteiger partial charge >= 0.3 is 0 Å². The fraction of sp³-hybridized carbons (Fsp3) is 0.714. The van der Waals surface area contributed by atoms with Gasteiger partial charge in [0.05, 0.1) is 0 Å². The van der Waals surface area contributed by atoms with E-state index in [2.05, 4.69) is 59.8 Å². The smallest absolute Gasteiger partial charge is 0.0135 e. The number of hydrogen-bond acceptors (Lipinski definition) is 0. The van der Waals surface area contributed by atoms with Crippen molar-refractivity contribution in [3.8, 4) is 0 Å². The molecule has 0 fully saturated rings. The van der Waals surface area contributed by atoms with Crippen molar-refractivity contribution in [2.75, 3.05) is 0 Å². The average Bonchev–Trinajstić information content (AvgIpc) is 2.01. The lowest BCUT2D eigenvalue weighted by Crippen LogP contribution is -2.07. The van der Waals surface area contributed by atoms with Gasteiger partial charge in [-0.05, 0) is 29.7 Å². The van der Waals surface area contributed by atoms with E-state index in [1.165, 1.54) is 12.0 Å². The summed E-state index contributed by atoms with van der Waals surface area (Å²) in [6.07, 6.45) is 9.21. The van der Waals surface area contributed by atoms with Gasteiger partial charge in [-0.15, -0.1) is 0 Å². The van der Waals surface area contributed by atoms with Crippen molar-refractivity contribution in [2.45, 2.75) is 54.4 Å². The van der Waals surface area contributed by atoms with E-state index in [-0.39, 0.29) is 5.41 Å². The topological polar surface area (TPSA) is 0 Å². The molecule has 0 unspecified atom stereocenters. The van der Waals surface area contributed by atoms with Crippen molar-refractivity contribution >= 4 is 0 Å². The predicted molar refractivity (Wildman–Crippen MR) is 66.4 cm³/mol. The molecule has 0 aromatic rings. The molecule has 0 amide bonds. The zero-order chi connectivity index (χ0) is 11.2. The van der Waals surface area contributed by atoms with E-state index in [1.807, 2.05) is 0 Å². The molecule has 0 aliphatic heterocycles. The molecule has 0 bridgehead atoms. The van der Waals surface area contributed by atoms with Crippen molar-refractivity contribution in [3.05, 3.63) is 23.8 Å². The van der Waals surface area contributed by atoms with E-state index in [4.69, 9.17) is 0 Å². The first-order chi connectivity index (χ1) is 6.38. The molecule has 0 saturated heterocycles. The van der Waals surface area contributed by atoms with E-state index in [0.29, 0.717) is 0 Å². The number of hydrogen-bond donors (Lipinski definition) is 0. The van der Waals surface area contributed by atoms with Crippen LogP contribution in [-0.4, -0.2) is 0 Å². The summed E-state index contributed by atoms with van der Waals surface area (Å²) in [7, 11) is 0. The Hall–Kier alpha value is -0.520. The Bertz CT molecular complexity index is 199. The van der Waals surface area contributed by atoms with Crippen LogP contribution < -0.4 is 0 Å². The maximum absolute atomic E-state index is 2.39. The molecule has 0 radical (unpaired) electrons. The highest BCUT2D eigenvalue weighted by atomic mass is 14.2. The zero-order valence-electron chi connectivity index (χ0n) is 10.7. The maximum Gasteiger partial charge on any atom is -0.0135 e. The monoisotopic (exact) mass is 194 g/mol. The van der Waals surface area contributed by atoms with Gasteiger partial charge < -0.3 is 0 Å². The van der Waals surface area contributed by atoms with Crippen LogP contribution in [0.4, 0.5) is 0 Å². The van der Waals surface area contributed by atoms with Crippen LogP contribution in [0, 0.1) is 11.3 Å². The van der Waals surface area contributed by atoms with Crippen LogP contribution in [-0.2, 0) is 0 Å². The zero-order valence-corrected chi connectivity index (χ0v) is 10.7. The Morgan fingerprint density at radius 3 is 2.14 bits per heavy atom. The second-order valence-electron chi connectivity index (χ2n) is 5.35. The van der Waals surface area contributed by atoms with Gasteiger partial charge in [-0.3, -0.25) is 0 Å². The fourth-order valence-electron chi connectivity index (χ4n) is 1.23. The first-order valence-electron chi connectivity index (χ1n) is 5.75. The van der Waals surface area contributed by atoms with Crippen LogP contribution >= 0.6 is 0 Å². The van der Waals surface area contributed by atoms with Crippen molar-refractivity contribution in [2.24, 2.45) is 11.3 Å². The molecule has 0 aliphatic rings. The van der Waals surface area contributed by atoms with Crippen molar-refractivity contribution in [1.29, 1.82) is 0 Å². The Morgan fingerprint density at radius 2 is 1.79 bits per heavy atom. The van der Waals surface area contributed by atoms with E-state index in [1.54, 1.807) is 0 Å². The summed E-state index contributed by atoms with van der Waals surface area (Å²) in [5.74, 6) is 0.752. The van der Waals surface area contributed by atoms with Crippen LogP contribution in [0.3, 0.4) is 0 Å². The van der Waals surface area contributed by atoms with Crippen molar-refractivity contribution in [3.63, 3.8) is 0 Å². The SMILES string of the molecule is CC/C=C\C(=C/CC(C)C)C(C)(C)C. The second-order valence-corrected chi connectivity index (χ2v) is 5.35. The lowest BCUT2D eigenvalue weighted by atomic mass is 9.85. The Balaban J connectivity index is 4.56. The van der Waals surface area contributed by atoms with Crippen LogP contribution in [0.5, 0.6) is 0 Å². The summed E-state index contributed by atoms with van der Waals surface area (Å²) in [6.45, 7) is 13.5. The predicted octanol–water partition coefficient (Wildman–Crippen LogP) is 4.97. The maximum atomic E-state index is 2.39. The molecule has 0 heteroatoms. The number of allylic oxidation sites excluding steroid dienone is 4. The summed E-state index contributed by atoms with van der Waals surface area (Å²) < 4.78 is 0. The lowest BCUT2D eigenvalue weighted by molar-refractivity contribution is 0.510.